The molecule has 0 saturated carbocycles. The third-order valence-electron chi connectivity index (χ3n) is 5.23. The maximum atomic E-state index is 13.0. The molecule has 0 amide bonds. The standard InChI is InChI=1S/C23H26FN5O2S/c1-17-15-29(13-12-25-17)16-18-2-6-21(7-3-18)28-32(30,31)22-10-11-23(26-14-22)27-20-8-4-19(24)5-9-20/h2-11,14,17,25,28H,12-13,15-16H2,1H3,(H,26,27)/t17-/m0/s1. The molecule has 168 valence electrons. The molecule has 1 fully saturated rings. The van der Waals surface area contributed by atoms with E-state index in [1.807, 2.05) is 12.1 Å². The molecule has 2 heterocycles. The Morgan fingerprint density at radius 1 is 1.06 bits per heavy atom. The summed E-state index contributed by atoms with van der Waals surface area (Å²) >= 11 is 0. The van der Waals surface area contributed by atoms with Crippen molar-refractivity contribution < 1.29 is 12.8 Å². The fourth-order valence-corrected chi connectivity index (χ4v) is 4.60. The van der Waals surface area contributed by atoms with Crippen molar-refractivity contribution in [2.75, 3.05) is 29.7 Å². The quantitative estimate of drug-likeness (QED) is 0.505. The summed E-state index contributed by atoms with van der Waals surface area (Å²) < 4.78 is 41.0. The van der Waals surface area contributed by atoms with Crippen LogP contribution in [-0.2, 0) is 16.6 Å². The minimum atomic E-state index is -3.76. The van der Waals surface area contributed by atoms with E-state index in [0.29, 0.717) is 23.2 Å². The second-order valence-corrected chi connectivity index (χ2v) is 9.59. The average molecular weight is 456 g/mol. The number of halogens is 1. The number of benzene rings is 2. The van der Waals surface area contributed by atoms with Crippen LogP contribution in [0.5, 0.6) is 0 Å². The molecule has 9 heteroatoms. The fourth-order valence-electron chi connectivity index (χ4n) is 3.60. The van der Waals surface area contributed by atoms with Crippen molar-refractivity contribution in [1.29, 1.82) is 0 Å². The van der Waals surface area contributed by atoms with E-state index in [9.17, 15) is 12.8 Å². The van der Waals surface area contributed by atoms with Gasteiger partial charge in [0, 0.05) is 49.8 Å². The van der Waals surface area contributed by atoms with Crippen LogP contribution in [0, 0.1) is 5.82 Å². The largest absolute Gasteiger partial charge is 0.340 e. The molecule has 0 unspecified atom stereocenters. The van der Waals surface area contributed by atoms with Gasteiger partial charge in [-0.05, 0) is 61.0 Å². The molecular formula is C23H26FN5O2S. The maximum Gasteiger partial charge on any atom is 0.263 e. The van der Waals surface area contributed by atoms with E-state index >= 15 is 0 Å². The lowest BCUT2D eigenvalue weighted by Gasteiger charge is -2.31. The normalized spacial score (nSPS) is 17.1. The van der Waals surface area contributed by atoms with Crippen molar-refractivity contribution in [3.05, 3.63) is 78.2 Å². The molecule has 1 aromatic heterocycles. The molecule has 0 aliphatic carbocycles. The molecule has 3 N–H and O–H groups in total. The van der Waals surface area contributed by atoms with Gasteiger partial charge < -0.3 is 10.6 Å². The van der Waals surface area contributed by atoms with Crippen LogP contribution in [0.1, 0.15) is 12.5 Å². The molecule has 1 saturated heterocycles. The minimum Gasteiger partial charge on any atom is -0.340 e. The molecule has 0 bridgehead atoms. The summed E-state index contributed by atoms with van der Waals surface area (Å²) in [7, 11) is -3.76. The van der Waals surface area contributed by atoms with E-state index in [1.54, 1.807) is 30.3 Å². The lowest BCUT2D eigenvalue weighted by atomic mass is 10.1. The summed E-state index contributed by atoms with van der Waals surface area (Å²) in [6.07, 6.45) is 1.29. The molecule has 0 radical (unpaired) electrons. The van der Waals surface area contributed by atoms with E-state index < -0.39 is 10.0 Å². The van der Waals surface area contributed by atoms with Gasteiger partial charge in [0.2, 0.25) is 0 Å². The molecule has 4 rings (SSSR count). The molecule has 0 spiro atoms. The summed E-state index contributed by atoms with van der Waals surface area (Å²) in [4.78, 5) is 6.59. The highest BCUT2D eigenvalue weighted by atomic mass is 32.2. The SMILES string of the molecule is C[C@H]1CN(Cc2ccc(NS(=O)(=O)c3ccc(Nc4ccc(F)cc4)nc3)cc2)CCN1. The monoisotopic (exact) mass is 455 g/mol. The summed E-state index contributed by atoms with van der Waals surface area (Å²) in [5.74, 6) is 0.129. The molecule has 2 aromatic carbocycles. The smallest absolute Gasteiger partial charge is 0.263 e. The van der Waals surface area contributed by atoms with Gasteiger partial charge in [0.05, 0.1) is 0 Å². The number of hydrogen-bond donors (Lipinski definition) is 3. The van der Waals surface area contributed by atoms with Gasteiger partial charge in [-0.2, -0.15) is 0 Å². The van der Waals surface area contributed by atoms with Crippen molar-refractivity contribution in [2.45, 2.75) is 24.4 Å². The van der Waals surface area contributed by atoms with Crippen LogP contribution in [0.3, 0.4) is 0 Å². The first-order valence-corrected chi connectivity index (χ1v) is 11.9. The predicted octanol–water partition coefficient (Wildman–Crippen LogP) is 3.56. The first-order valence-electron chi connectivity index (χ1n) is 10.4. The number of pyridine rings is 1. The van der Waals surface area contributed by atoms with E-state index in [-0.39, 0.29) is 10.7 Å². The zero-order chi connectivity index (χ0) is 22.6. The van der Waals surface area contributed by atoms with Gasteiger partial charge in [0.25, 0.3) is 10.0 Å². The Morgan fingerprint density at radius 2 is 1.78 bits per heavy atom. The van der Waals surface area contributed by atoms with Crippen molar-refractivity contribution in [2.24, 2.45) is 0 Å². The lowest BCUT2D eigenvalue weighted by molar-refractivity contribution is 0.199. The van der Waals surface area contributed by atoms with Crippen molar-refractivity contribution in [3.8, 4) is 0 Å². The van der Waals surface area contributed by atoms with E-state index in [0.717, 1.165) is 31.7 Å². The molecule has 7 nitrogen and oxygen atoms in total. The summed E-state index contributed by atoms with van der Waals surface area (Å²) in [6.45, 7) is 5.98. The number of sulfonamides is 1. The predicted molar refractivity (Wildman–Crippen MR) is 124 cm³/mol. The topological polar surface area (TPSA) is 86.4 Å². The number of anilines is 3. The van der Waals surface area contributed by atoms with Gasteiger partial charge in [-0.15, -0.1) is 0 Å². The summed E-state index contributed by atoms with van der Waals surface area (Å²) in [5, 5.41) is 6.43. The molecule has 3 aromatic rings. The van der Waals surface area contributed by atoms with Crippen LogP contribution in [0.15, 0.2) is 71.8 Å². The van der Waals surface area contributed by atoms with Crippen LogP contribution in [0.4, 0.5) is 21.6 Å². The molecule has 1 atom stereocenters. The minimum absolute atomic E-state index is 0.0565. The van der Waals surface area contributed by atoms with Crippen molar-refractivity contribution in [1.82, 2.24) is 15.2 Å². The Balaban J connectivity index is 1.37. The van der Waals surface area contributed by atoms with E-state index in [2.05, 4.69) is 32.2 Å². The Morgan fingerprint density at radius 3 is 2.44 bits per heavy atom. The van der Waals surface area contributed by atoms with Gasteiger partial charge in [-0.25, -0.2) is 17.8 Å². The third-order valence-corrected chi connectivity index (χ3v) is 6.60. The Hall–Kier alpha value is -3.01. The fraction of sp³-hybridized carbons (Fsp3) is 0.261. The first-order chi connectivity index (χ1) is 15.4. The van der Waals surface area contributed by atoms with Crippen molar-refractivity contribution >= 4 is 27.2 Å². The van der Waals surface area contributed by atoms with Crippen LogP contribution in [0.2, 0.25) is 0 Å². The zero-order valence-electron chi connectivity index (χ0n) is 17.8. The van der Waals surface area contributed by atoms with Gasteiger partial charge in [-0.1, -0.05) is 12.1 Å². The summed E-state index contributed by atoms with van der Waals surface area (Å²) in [5.41, 5.74) is 2.29. The second-order valence-electron chi connectivity index (χ2n) is 7.90. The van der Waals surface area contributed by atoms with Crippen LogP contribution in [-0.4, -0.2) is 44.0 Å². The third kappa shape index (κ3) is 5.82. The zero-order valence-corrected chi connectivity index (χ0v) is 18.6. The number of nitrogens with zero attached hydrogens (tertiary/aromatic N) is 2. The maximum absolute atomic E-state index is 13.0. The van der Waals surface area contributed by atoms with E-state index in [4.69, 9.17) is 0 Å². The number of piperazine rings is 1. The second kappa shape index (κ2) is 9.64. The average Bonchev–Trinajstić information content (AvgIpc) is 2.77. The highest BCUT2D eigenvalue weighted by Gasteiger charge is 2.17. The molecule has 32 heavy (non-hydrogen) atoms. The highest BCUT2D eigenvalue weighted by Crippen LogP contribution is 2.20. The Labute approximate surface area is 187 Å². The number of aromatic nitrogens is 1. The Bertz CT molecular complexity index is 1140. The number of nitrogens with one attached hydrogen (secondary N) is 3. The molecular weight excluding hydrogens is 429 g/mol. The summed E-state index contributed by atoms with van der Waals surface area (Å²) in [6, 6.07) is 16.8. The van der Waals surface area contributed by atoms with E-state index in [1.165, 1.54) is 24.4 Å². The Kier molecular flexibility index (Phi) is 6.69. The van der Waals surface area contributed by atoms with Gasteiger partial charge in [0.15, 0.2) is 0 Å². The number of hydrogen-bond acceptors (Lipinski definition) is 6. The highest BCUT2D eigenvalue weighted by molar-refractivity contribution is 7.92. The lowest BCUT2D eigenvalue weighted by Crippen LogP contribution is -2.48. The first kappa shape index (κ1) is 22.2. The van der Waals surface area contributed by atoms with Crippen LogP contribution in [0.25, 0.3) is 0 Å². The van der Waals surface area contributed by atoms with Gasteiger partial charge in [-0.3, -0.25) is 9.62 Å². The van der Waals surface area contributed by atoms with Gasteiger partial charge >= 0.3 is 0 Å². The van der Waals surface area contributed by atoms with Crippen molar-refractivity contribution in [3.63, 3.8) is 0 Å². The van der Waals surface area contributed by atoms with Crippen LogP contribution >= 0.6 is 0 Å². The number of rotatable bonds is 7. The van der Waals surface area contributed by atoms with Crippen LogP contribution < -0.4 is 15.4 Å². The molecule has 1 aliphatic rings. The molecule has 1 aliphatic heterocycles. The van der Waals surface area contributed by atoms with Gasteiger partial charge in [0.1, 0.15) is 16.5 Å².